The molecule has 0 spiro atoms. The highest BCUT2D eigenvalue weighted by Crippen LogP contribution is 2.19. The van der Waals surface area contributed by atoms with Crippen LogP contribution in [0.3, 0.4) is 0 Å². The standard InChI is InChI=1S/C12H17N5/c1-9-15-11(10-3-6-17(2)8-10)7-12(16-9)14-5-4-13/h3,6-8H,4-5,13H2,1-2H3,(H,14,15,16). The molecule has 0 radical (unpaired) electrons. The van der Waals surface area contributed by atoms with Gasteiger partial charge in [-0.3, -0.25) is 0 Å². The number of hydrogen-bond acceptors (Lipinski definition) is 4. The lowest BCUT2D eigenvalue weighted by molar-refractivity contribution is 0.927. The van der Waals surface area contributed by atoms with Gasteiger partial charge in [-0.05, 0) is 13.0 Å². The zero-order chi connectivity index (χ0) is 12.3. The molecular formula is C12H17N5. The largest absolute Gasteiger partial charge is 0.369 e. The van der Waals surface area contributed by atoms with Crippen molar-refractivity contribution in [2.75, 3.05) is 18.4 Å². The van der Waals surface area contributed by atoms with Gasteiger partial charge in [-0.25, -0.2) is 9.97 Å². The van der Waals surface area contributed by atoms with E-state index in [2.05, 4.69) is 15.3 Å². The van der Waals surface area contributed by atoms with Gasteiger partial charge in [0.05, 0.1) is 5.69 Å². The Bertz CT molecular complexity index is 503. The summed E-state index contributed by atoms with van der Waals surface area (Å²) in [6.07, 6.45) is 4.04. The molecule has 0 bridgehead atoms. The first-order chi connectivity index (χ1) is 8.19. The second-order valence-corrected chi connectivity index (χ2v) is 3.97. The number of nitrogens with zero attached hydrogens (tertiary/aromatic N) is 3. The summed E-state index contributed by atoms with van der Waals surface area (Å²) in [6, 6.07) is 3.98. The van der Waals surface area contributed by atoms with Crippen molar-refractivity contribution >= 4 is 5.82 Å². The second kappa shape index (κ2) is 4.97. The lowest BCUT2D eigenvalue weighted by Gasteiger charge is -2.06. The van der Waals surface area contributed by atoms with E-state index in [1.807, 2.05) is 43.1 Å². The van der Waals surface area contributed by atoms with Crippen LogP contribution in [-0.2, 0) is 7.05 Å². The van der Waals surface area contributed by atoms with E-state index in [4.69, 9.17) is 5.73 Å². The summed E-state index contributed by atoms with van der Waals surface area (Å²) >= 11 is 0. The Hall–Kier alpha value is -1.88. The maximum atomic E-state index is 5.46. The van der Waals surface area contributed by atoms with Crippen molar-refractivity contribution in [2.24, 2.45) is 12.8 Å². The summed E-state index contributed by atoms with van der Waals surface area (Å²) in [7, 11) is 1.99. The van der Waals surface area contributed by atoms with E-state index in [0.717, 1.165) is 22.9 Å². The maximum Gasteiger partial charge on any atom is 0.130 e. The molecule has 0 amide bonds. The quantitative estimate of drug-likeness (QED) is 0.828. The highest BCUT2D eigenvalue weighted by Gasteiger charge is 2.05. The van der Waals surface area contributed by atoms with E-state index < -0.39 is 0 Å². The van der Waals surface area contributed by atoms with Gasteiger partial charge < -0.3 is 15.6 Å². The molecule has 0 aromatic carbocycles. The van der Waals surface area contributed by atoms with E-state index in [9.17, 15) is 0 Å². The molecule has 5 heteroatoms. The first kappa shape index (κ1) is 11.6. The third-order valence-electron chi connectivity index (χ3n) is 2.42. The molecule has 0 atom stereocenters. The molecule has 2 aromatic rings. The normalized spacial score (nSPS) is 10.5. The predicted molar refractivity (Wildman–Crippen MR) is 68.7 cm³/mol. The Kier molecular flexibility index (Phi) is 3.39. The van der Waals surface area contributed by atoms with Crippen LogP contribution in [0.15, 0.2) is 24.5 Å². The van der Waals surface area contributed by atoms with Crippen LogP contribution in [0.1, 0.15) is 5.82 Å². The van der Waals surface area contributed by atoms with Crippen LogP contribution in [0.5, 0.6) is 0 Å². The van der Waals surface area contributed by atoms with Gasteiger partial charge in [0, 0.05) is 44.2 Å². The average Bonchev–Trinajstić information content (AvgIpc) is 2.72. The molecule has 0 saturated carbocycles. The minimum absolute atomic E-state index is 0.587. The SMILES string of the molecule is Cc1nc(NCCN)cc(-c2ccn(C)c2)n1. The number of anilines is 1. The maximum absolute atomic E-state index is 5.46. The second-order valence-electron chi connectivity index (χ2n) is 3.97. The van der Waals surface area contributed by atoms with E-state index in [-0.39, 0.29) is 0 Å². The summed E-state index contributed by atoms with van der Waals surface area (Å²) in [5.74, 6) is 1.58. The molecule has 0 fully saturated rings. The Balaban J connectivity index is 2.31. The number of rotatable bonds is 4. The molecule has 2 aromatic heterocycles. The molecule has 0 aliphatic carbocycles. The highest BCUT2D eigenvalue weighted by atomic mass is 15.0. The van der Waals surface area contributed by atoms with Crippen molar-refractivity contribution in [1.29, 1.82) is 0 Å². The fourth-order valence-electron chi connectivity index (χ4n) is 1.66. The van der Waals surface area contributed by atoms with Gasteiger partial charge in [0.15, 0.2) is 0 Å². The first-order valence-corrected chi connectivity index (χ1v) is 5.61. The van der Waals surface area contributed by atoms with Crippen molar-refractivity contribution in [1.82, 2.24) is 14.5 Å². The molecule has 90 valence electrons. The number of aromatic nitrogens is 3. The molecule has 0 saturated heterocycles. The van der Waals surface area contributed by atoms with Crippen LogP contribution in [-0.4, -0.2) is 27.6 Å². The zero-order valence-corrected chi connectivity index (χ0v) is 10.1. The van der Waals surface area contributed by atoms with Gasteiger partial charge in [0.1, 0.15) is 11.6 Å². The predicted octanol–water partition coefficient (Wildman–Crippen LogP) is 1.16. The summed E-state index contributed by atoms with van der Waals surface area (Å²) in [5.41, 5.74) is 7.48. The summed E-state index contributed by atoms with van der Waals surface area (Å²) in [5, 5.41) is 3.17. The number of hydrogen-bond donors (Lipinski definition) is 2. The van der Waals surface area contributed by atoms with Crippen molar-refractivity contribution in [3.8, 4) is 11.3 Å². The van der Waals surface area contributed by atoms with Crippen LogP contribution in [0.4, 0.5) is 5.82 Å². The van der Waals surface area contributed by atoms with E-state index >= 15 is 0 Å². The Morgan fingerprint density at radius 2 is 2.24 bits per heavy atom. The molecule has 2 heterocycles. The van der Waals surface area contributed by atoms with Crippen molar-refractivity contribution in [2.45, 2.75) is 6.92 Å². The number of nitrogens with one attached hydrogen (secondary N) is 1. The molecule has 0 aliphatic heterocycles. The third kappa shape index (κ3) is 2.82. The minimum atomic E-state index is 0.587. The van der Waals surface area contributed by atoms with Gasteiger partial charge in [0.25, 0.3) is 0 Å². The lowest BCUT2D eigenvalue weighted by atomic mass is 10.2. The van der Waals surface area contributed by atoms with Crippen LogP contribution >= 0.6 is 0 Å². The van der Waals surface area contributed by atoms with Gasteiger partial charge in [-0.1, -0.05) is 0 Å². The Morgan fingerprint density at radius 3 is 2.88 bits per heavy atom. The van der Waals surface area contributed by atoms with Gasteiger partial charge in [-0.15, -0.1) is 0 Å². The molecule has 0 unspecified atom stereocenters. The van der Waals surface area contributed by atoms with E-state index in [1.54, 1.807) is 0 Å². The average molecular weight is 231 g/mol. The van der Waals surface area contributed by atoms with Crippen molar-refractivity contribution in [3.63, 3.8) is 0 Å². The summed E-state index contributed by atoms with van der Waals surface area (Å²) in [6.45, 7) is 3.19. The smallest absolute Gasteiger partial charge is 0.130 e. The summed E-state index contributed by atoms with van der Waals surface area (Å²) < 4.78 is 2.00. The number of aryl methyl sites for hydroxylation is 2. The molecule has 17 heavy (non-hydrogen) atoms. The zero-order valence-electron chi connectivity index (χ0n) is 10.1. The van der Waals surface area contributed by atoms with Crippen LogP contribution in [0.2, 0.25) is 0 Å². The molecule has 5 nitrogen and oxygen atoms in total. The molecular weight excluding hydrogens is 214 g/mol. The van der Waals surface area contributed by atoms with Gasteiger partial charge in [-0.2, -0.15) is 0 Å². The van der Waals surface area contributed by atoms with Gasteiger partial charge >= 0.3 is 0 Å². The lowest BCUT2D eigenvalue weighted by Crippen LogP contribution is -2.14. The van der Waals surface area contributed by atoms with E-state index in [1.165, 1.54) is 0 Å². The van der Waals surface area contributed by atoms with Crippen LogP contribution < -0.4 is 11.1 Å². The van der Waals surface area contributed by atoms with Crippen LogP contribution in [0, 0.1) is 6.92 Å². The van der Waals surface area contributed by atoms with Crippen molar-refractivity contribution < 1.29 is 0 Å². The third-order valence-corrected chi connectivity index (χ3v) is 2.42. The van der Waals surface area contributed by atoms with Gasteiger partial charge in [0.2, 0.25) is 0 Å². The number of nitrogens with two attached hydrogens (primary N) is 1. The Morgan fingerprint density at radius 1 is 1.41 bits per heavy atom. The first-order valence-electron chi connectivity index (χ1n) is 5.61. The fourth-order valence-corrected chi connectivity index (χ4v) is 1.66. The highest BCUT2D eigenvalue weighted by molar-refractivity contribution is 5.61. The minimum Gasteiger partial charge on any atom is -0.369 e. The van der Waals surface area contributed by atoms with Crippen LogP contribution in [0.25, 0.3) is 11.3 Å². The molecule has 2 rings (SSSR count). The monoisotopic (exact) mass is 231 g/mol. The molecule has 3 N–H and O–H groups in total. The fraction of sp³-hybridized carbons (Fsp3) is 0.333. The van der Waals surface area contributed by atoms with Crippen molar-refractivity contribution in [3.05, 3.63) is 30.4 Å². The van der Waals surface area contributed by atoms with E-state index in [0.29, 0.717) is 13.1 Å². The Labute approximate surface area is 101 Å². The summed E-state index contributed by atoms with van der Waals surface area (Å²) in [4.78, 5) is 8.75. The topological polar surface area (TPSA) is 68.8 Å². The molecule has 0 aliphatic rings.